The summed E-state index contributed by atoms with van der Waals surface area (Å²) in [6.45, 7) is 2.47. The minimum Gasteiger partial charge on any atom is -0.395 e. The number of aryl methyl sites for hydroxylation is 1. The summed E-state index contributed by atoms with van der Waals surface area (Å²) < 4.78 is 0. The van der Waals surface area contributed by atoms with Crippen LogP contribution in [0.25, 0.3) is 0 Å². The Morgan fingerprint density at radius 2 is 2.16 bits per heavy atom. The molecule has 1 amide bonds. The van der Waals surface area contributed by atoms with Crippen molar-refractivity contribution in [1.29, 1.82) is 0 Å². The zero-order chi connectivity index (χ0) is 13.7. The summed E-state index contributed by atoms with van der Waals surface area (Å²) in [5.74, 6) is -0.270. The number of nitrogens with one attached hydrogen (secondary N) is 2. The van der Waals surface area contributed by atoms with Crippen LogP contribution in [0.4, 0.5) is 5.69 Å². The van der Waals surface area contributed by atoms with E-state index in [-0.39, 0.29) is 11.6 Å². The topological polar surface area (TPSA) is 96.7 Å². The molecule has 0 aromatic carbocycles. The molecule has 0 saturated heterocycles. The number of carbonyl (C=O) groups excluding carboxylic acids is 1. The van der Waals surface area contributed by atoms with Crippen LogP contribution in [-0.4, -0.2) is 21.1 Å². The molecule has 0 saturated carbocycles. The van der Waals surface area contributed by atoms with Gasteiger partial charge in [0.05, 0.1) is 11.4 Å². The number of amides is 1. The van der Waals surface area contributed by atoms with Crippen molar-refractivity contribution < 1.29 is 4.79 Å². The van der Waals surface area contributed by atoms with Crippen molar-refractivity contribution >= 4 is 11.6 Å². The maximum Gasteiger partial charge on any atom is 0.274 e. The maximum atomic E-state index is 12.0. The van der Waals surface area contributed by atoms with Crippen LogP contribution in [-0.2, 0) is 13.0 Å². The first-order valence-electron chi connectivity index (χ1n) is 6.22. The van der Waals surface area contributed by atoms with Crippen LogP contribution in [0.2, 0.25) is 0 Å². The normalized spacial score (nSPS) is 10.4. The number of rotatable bonds is 5. The predicted molar refractivity (Wildman–Crippen MR) is 72.4 cm³/mol. The van der Waals surface area contributed by atoms with E-state index in [1.54, 1.807) is 12.4 Å². The third-order valence-electron chi connectivity index (χ3n) is 2.80. The quantitative estimate of drug-likeness (QED) is 0.753. The van der Waals surface area contributed by atoms with Crippen LogP contribution in [0, 0.1) is 0 Å². The van der Waals surface area contributed by atoms with Crippen LogP contribution in [0.15, 0.2) is 24.5 Å². The third-order valence-corrected chi connectivity index (χ3v) is 2.80. The highest BCUT2D eigenvalue weighted by Gasteiger charge is 2.16. The molecule has 2 aromatic heterocycles. The lowest BCUT2D eigenvalue weighted by Crippen LogP contribution is -2.24. The van der Waals surface area contributed by atoms with E-state index in [0.717, 1.165) is 24.1 Å². The Morgan fingerprint density at radius 3 is 2.84 bits per heavy atom. The summed E-state index contributed by atoms with van der Waals surface area (Å²) in [6, 6.07) is 3.69. The summed E-state index contributed by atoms with van der Waals surface area (Å²) in [6.07, 6.45) is 5.11. The summed E-state index contributed by atoms with van der Waals surface area (Å²) in [7, 11) is 0. The Kier molecular flexibility index (Phi) is 4.12. The molecule has 0 aliphatic heterocycles. The van der Waals surface area contributed by atoms with E-state index in [1.165, 1.54) is 0 Å². The summed E-state index contributed by atoms with van der Waals surface area (Å²) in [5.41, 5.74) is 8.39. The van der Waals surface area contributed by atoms with Gasteiger partial charge in [0.15, 0.2) is 5.69 Å². The van der Waals surface area contributed by atoms with Crippen LogP contribution in [0.3, 0.4) is 0 Å². The third kappa shape index (κ3) is 3.09. The molecule has 0 fully saturated rings. The van der Waals surface area contributed by atoms with Gasteiger partial charge < -0.3 is 11.1 Å². The molecule has 0 aliphatic rings. The smallest absolute Gasteiger partial charge is 0.274 e. The first-order chi connectivity index (χ1) is 9.22. The second-order valence-electron chi connectivity index (χ2n) is 4.25. The van der Waals surface area contributed by atoms with Gasteiger partial charge in [0.25, 0.3) is 5.91 Å². The number of carbonyl (C=O) groups is 1. The fraction of sp³-hybridized carbons (Fsp3) is 0.308. The Morgan fingerprint density at radius 1 is 1.42 bits per heavy atom. The maximum absolute atomic E-state index is 12.0. The van der Waals surface area contributed by atoms with Gasteiger partial charge in [0, 0.05) is 18.9 Å². The molecule has 2 aromatic rings. The van der Waals surface area contributed by atoms with Crippen molar-refractivity contribution in [1.82, 2.24) is 20.5 Å². The van der Waals surface area contributed by atoms with Gasteiger partial charge in [-0.1, -0.05) is 13.3 Å². The van der Waals surface area contributed by atoms with Crippen molar-refractivity contribution in [2.45, 2.75) is 26.3 Å². The molecule has 6 heteroatoms. The monoisotopic (exact) mass is 259 g/mol. The Hall–Kier alpha value is -2.37. The molecule has 0 radical (unpaired) electrons. The van der Waals surface area contributed by atoms with Crippen molar-refractivity contribution in [2.24, 2.45) is 0 Å². The molecule has 0 spiro atoms. The number of nitrogens with zero attached hydrogens (tertiary/aromatic N) is 2. The molecule has 19 heavy (non-hydrogen) atoms. The molecule has 2 rings (SSSR count). The zero-order valence-electron chi connectivity index (χ0n) is 10.8. The highest BCUT2D eigenvalue weighted by atomic mass is 16.1. The Bertz CT molecular complexity index is 549. The van der Waals surface area contributed by atoms with Crippen LogP contribution in [0.5, 0.6) is 0 Å². The van der Waals surface area contributed by atoms with Crippen LogP contribution in [0.1, 0.15) is 35.1 Å². The number of nitrogen functional groups attached to an aromatic ring is 1. The molecule has 0 aliphatic carbocycles. The summed E-state index contributed by atoms with van der Waals surface area (Å²) >= 11 is 0. The van der Waals surface area contributed by atoms with E-state index in [4.69, 9.17) is 5.73 Å². The molecule has 0 unspecified atom stereocenters. The number of aromatic amines is 1. The molecule has 6 nitrogen and oxygen atoms in total. The fourth-order valence-corrected chi connectivity index (χ4v) is 1.77. The SMILES string of the molecule is CCCc1[nH]nc(C(=O)NCc2ccncc2)c1N. The van der Waals surface area contributed by atoms with Crippen molar-refractivity contribution in [3.8, 4) is 0 Å². The average Bonchev–Trinajstić information content (AvgIpc) is 2.79. The second kappa shape index (κ2) is 5.99. The van der Waals surface area contributed by atoms with E-state index in [9.17, 15) is 4.79 Å². The first kappa shape index (κ1) is 13.1. The van der Waals surface area contributed by atoms with E-state index in [2.05, 4.69) is 20.5 Å². The van der Waals surface area contributed by atoms with Crippen molar-refractivity contribution in [3.63, 3.8) is 0 Å². The standard InChI is InChI=1S/C13H17N5O/c1-2-3-10-11(14)12(18-17-10)13(19)16-8-9-4-6-15-7-5-9/h4-7H,2-3,8,14H2,1H3,(H,16,19)(H,17,18). The van der Waals surface area contributed by atoms with Gasteiger partial charge >= 0.3 is 0 Å². The van der Waals surface area contributed by atoms with Crippen molar-refractivity contribution in [3.05, 3.63) is 41.5 Å². The summed E-state index contributed by atoms with van der Waals surface area (Å²) in [4.78, 5) is 15.9. The van der Waals surface area contributed by atoms with Gasteiger partial charge in [-0.3, -0.25) is 14.9 Å². The average molecular weight is 259 g/mol. The number of hydrogen-bond donors (Lipinski definition) is 3. The molecular formula is C13H17N5O. The Labute approximate surface area is 111 Å². The molecule has 2 heterocycles. The lowest BCUT2D eigenvalue weighted by Gasteiger charge is -2.03. The predicted octanol–water partition coefficient (Wildman–Crippen LogP) is 1.27. The van der Waals surface area contributed by atoms with Gasteiger partial charge in [-0.2, -0.15) is 5.10 Å². The van der Waals surface area contributed by atoms with Gasteiger partial charge in [-0.15, -0.1) is 0 Å². The molecular weight excluding hydrogens is 242 g/mol. The minimum absolute atomic E-state index is 0.262. The minimum atomic E-state index is -0.270. The van der Waals surface area contributed by atoms with E-state index in [1.807, 2.05) is 19.1 Å². The molecule has 0 atom stereocenters. The largest absolute Gasteiger partial charge is 0.395 e. The number of hydrogen-bond acceptors (Lipinski definition) is 4. The fourth-order valence-electron chi connectivity index (χ4n) is 1.77. The number of nitrogens with two attached hydrogens (primary N) is 1. The number of pyridine rings is 1. The number of anilines is 1. The van der Waals surface area contributed by atoms with E-state index in [0.29, 0.717) is 12.2 Å². The Balaban J connectivity index is 2.00. The highest BCUT2D eigenvalue weighted by Crippen LogP contribution is 2.15. The molecule has 4 N–H and O–H groups in total. The number of aromatic nitrogens is 3. The number of H-pyrrole nitrogens is 1. The second-order valence-corrected chi connectivity index (χ2v) is 4.25. The van der Waals surface area contributed by atoms with E-state index >= 15 is 0 Å². The van der Waals surface area contributed by atoms with Gasteiger partial charge in [0.2, 0.25) is 0 Å². The van der Waals surface area contributed by atoms with Crippen molar-refractivity contribution in [2.75, 3.05) is 5.73 Å². The van der Waals surface area contributed by atoms with Gasteiger partial charge in [-0.05, 0) is 24.1 Å². The van der Waals surface area contributed by atoms with E-state index < -0.39 is 0 Å². The highest BCUT2D eigenvalue weighted by molar-refractivity contribution is 5.97. The van der Waals surface area contributed by atoms with Gasteiger partial charge in [-0.25, -0.2) is 0 Å². The van der Waals surface area contributed by atoms with Crippen LogP contribution < -0.4 is 11.1 Å². The zero-order valence-corrected chi connectivity index (χ0v) is 10.8. The first-order valence-corrected chi connectivity index (χ1v) is 6.22. The van der Waals surface area contributed by atoms with Crippen LogP contribution >= 0.6 is 0 Å². The lowest BCUT2D eigenvalue weighted by atomic mass is 10.2. The summed E-state index contributed by atoms with van der Waals surface area (Å²) in [5, 5.41) is 9.56. The van der Waals surface area contributed by atoms with Gasteiger partial charge in [0.1, 0.15) is 0 Å². The molecule has 100 valence electrons. The lowest BCUT2D eigenvalue weighted by molar-refractivity contribution is 0.0947. The molecule has 0 bridgehead atoms.